The molecule has 0 spiro atoms. The van der Waals surface area contributed by atoms with E-state index in [0.717, 1.165) is 17.9 Å². The van der Waals surface area contributed by atoms with Crippen molar-refractivity contribution in [2.45, 2.75) is 13.1 Å². The smallest absolute Gasteiger partial charge is 0.102 e. The average Bonchev–Trinajstić information content (AvgIpc) is 3.10. The number of anilines is 1. The molecule has 0 bridgehead atoms. The number of aromatic nitrogens is 5. The number of benzene rings is 1. The van der Waals surface area contributed by atoms with Crippen molar-refractivity contribution in [3.05, 3.63) is 60.2 Å². The molecule has 1 N–H and O–H groups in total. The number of hydrogen-bond acceptors (Lipinski definition) is 4. The van der Waals surface area contributed by atoms with Gasteiger partial charge in [0.2, 0.25) is 0 Å². The molecule has 0 unspecified atom stereocenters. The van der Waals surface area contributed by atoms with Crippen LogP contribution in [0, 0.1) is 0 Å². The molecule has 2 heterocycles. The van der Waals surface area contributed by atoms with E-state index >= 15 is 0 Å². The highest BCUT2D eigenvalue weighted by atomic mass is 15.4. The zero-order valence-corrected chi connectivity index (χ0v) is 11.3. The third kappa shape index (κ3) is 3.03. The van der Waals surface area contributed by atoms with Gasteiger partial charge in [-0.2, -0.15) is 5.10 Å². The van der Waals surface area contributed by atoms with Crippen LogP contribution >= 0.6 is 0 Å². The fraction of sp³-hybridized carbons (Fsp3) is 0.214. The summed E-state index contributed by atoms with van der Waals surface area (Å²) in [6.45, 7) is 1.46. The summed E-state index contributed by atoms with van der Waals surface area (Å²) >= 11 is 0. The van der Waals surface area contributed by atoms with E-state index in [9.17, 15) is 0 Å². The van der Waals surface area contributed by atoms with Crippen molar-refractivity contribution in [2.75, 3.05) is 5.32 Å². The second kappa shape index (κ2) is 5.56. The Bertz CT molecular complexity index is 653. The molecular weight excluding hydrogens is 252 g/mol. The predicted molar refractivity (Wildman–Crippen MR) is 76.1 cm³/mol. The molecule has 0 amide bonds. The van der Waals surface area contributed by atoms with Gasteiger partial charge in [-0.15, -0.1) is 5.10 Å². The summed E-state index contributed by atoms with van der Waals surface area (Å²) in [5, 5.41) is 15.5. The highest BCUT2D eigenvalue weighted by Gasteiger charge is 1.99. The molecule has 2 aromatic heterocycles. The van der Waals surface area contributed by atoms with E-state index in [1.165, 1.54) is 5.56 Å². The van der Waals surface area contributed by atoms with Gasteiger partial charge < -0.3 is 5.32 Å². The Morgan fingerprint density at radius 1 is 1.20 bits per heavy atom. The molecule has 6 nitrogen and oxygen atoms in total. The maximum Gasteiger partial charge on any atom is 0.102 e. The first-order chi connectivity index (χ1) is 9.79. The third-order valence-corrected chi connectivity index (χ3v) is 2.98. The van der Waals surface area contributed by atoms with Gasteiger partial charge in [-0.25, -0.2) is 0 Å². The lowest BCUT2D eigenvalue weighted by atomic mass is 10.2. The maximum absolute atomic E-state index is 4.20. The first-order valence-electron chi connectivity index (χ1n) is 6.45. The molecule has 0 saturated heterocycles. The van der Waals surface area contributed by atoms with E-state index in [0.29, 0.717) is 6.54 Å². The number of nitrogens with zero attached hydrogens (tertiary/aromatic N) is 5. The van der Waals surface area contributed by atoms with Gasteiger partial charge in [-0.3, -0.25) is 9.36 Å². The molecule has 0 aliphatic carbocycles. The monoisotopic (exact) mass is 268 g/mol. The van der Waals surface area contributed by atoms with Gasteiger partial charge in [0.25, 0.3) is 0 Å². The second-order valence-corrected chi connectivity index (χ2v) is 4.64. The molecule has 0 saturated carbocycles. The summed E-state index contributed by atoms with van der Waals surface area (Å²) in [4.78, 5) is 0. The lowest BCUT2D eigenvalue weighted by Gasteiger charge is -2.06. The van der Waals surface area contributed by atoms with Crippen LogP contribution in [0.4, 0.5) is 5.69 Å². The zero-order chi connectivity index (χ0) is 13.8. The highest BCUT2D eigenvalue weighted by molar-refractivity contribution is 5.44. The molecule has 0 aliphatic rings. The molecule has 3 aromatic rings. The SMILES string of the molecule is Cn1cc(CNc2ccc(Cn3cccn3)cc2)nn1. The molecular formula is C14H16N6. The van der Waals surface area contributed by atoms with Gasteiger partial charge in [0.15, 0.2) is 0 Å². The van der Waals surface area contributed by atoms with Crippen molar-refractivity contribution < 1.29 is 0 Å². The minimum Gasteiger partial charge on any atom is -0.379 e. The van der Waals surface area contributed by atoms with Crippen molar-refractivity contribution in [3.8, 4) is 0 Å². The quantitative estimate of drug-likeness (QED) is 0.764. The van der Waals surface area contributed by atoms with Crippen LogP contribution in [0.25, 0.3) is 0 Å². The molecule has 0 aliphatic heterocycles. The second-order valence-electron chi connectivity index (χ2n) is 4.64. The van der Waals surface area contributed by atoms with Crippen molar-refractivity contribution in [2.24, 2.45) is 7.05 Å². The molecule has 0 fully saturated rings. The highest BCUT2D eigenvalue weighted by Crippen LogP contribution is 2.11. The minimum atomic E-state index is 0.673. The third-order valence-electron chi connectivity index (χ3n) is 2.98. The first kappa shape index (κ1) is 12.4. The topological polar surface area (TPSA) is 60.6 Å². The normalized spacial score (nSPS) is 10.7. The standard InChI is InChI=1S/C14H16N6/c1-19-11-14(17-18-19)9-15-13-5-3-12(4-6-13)10-20-8-2-7-16-20/h2-8,11,15H,9-10H2,1H3. The van der Waals surface area contributed by atoms with Crippen LogP contribution in [0.5, 0.6) is 0 Å². The van der Waals surface area contributed by atoms with Crippen molar-refractivity contribution in [1.29, 1.82) is 0 Å². The van der Waals surface area contributed by atoms with Gasteiger partial charge in [-0.05, 0) is 23.8 Å². The summed E-state index contributed by atoms with van der Waals surface area (Å²) < 4.78 is 3.60. The van der Waals surface area contributed by atoms with E-state index in [1.807, 2.05) is 30.2 Å². The average molecular weight is 268 g/mol. The van der Waals surface area contributed by atoms with E-state index in [1.54, 1.807) is 10.9 Å². The van der Waals surface area contributed by atoms with E-state index in [4.69, 9.17) is 0 Å². The summed E-state index contributed by atoms with van der Waals surface area (Å²) in [6.07, 6.45) is 5.65. The molecule has 6 heteroatoms. The largest absolute Gasteiger partial charge is 0.379 e. The van der Waals surface area contributed by atoms with Crippen LogP contribution in [-0.4, -0.2) is 24.8 Å². The number of rotatable bonds is 5. The zero-order valence-electron chi connectivity index (χ0n) is 11.3. The van der Waals surface area contributed by atoms with E-state index in [-0.39, 0.29) is 0 Å². The van der Waals surface area contributed by atoms with Gasteiger partial charge in [0.1, 0.15) is 5.69 Å². The Hall–Kier alpha value is -2.63. The van der Waals surface area contributed by atoms with Crippen LogP contribution in [-0.2, 0) is 20.1 Å². The Morgan fingerprint density at radius 2 is 2.05 bits per heavy atom. The van der Waals surface area contributed by atoms with Crippen molar-refractivity contribution in [3.63, 3.8) is 0 Å². The van der Waals surface area contributed by atoms with Gasteiger partial charge in [0, 0.05) is 31.3 Å². The van der Waals surface area contributed by atoms with Crippen molar-refractivity contribution in [1.82, 2.24) is 24.8 Å². The first-order valence-corrected chi connectivity index (χ1v) is 6.45. The lowest BCUT2D eigenvalue weighted by molar-refractivity contribution is 0.687. The minimum absolute atomic E-state index is 0.673. The maximum atomic E-state index is 4.20. The van der Waals surface area contributed by atoms with Crippen LogP contribution in [0.15, 0.2) is 48.9 Å². The molecule has 102 valence electrons. The van der Waals surface area contributed by atoms with Crippen molar-refractivity contribution >= 4 is 5.69 Å². The summed E-state index contributed by atoms with van der Waals surface area (Å²) in [6, 6.07) is 10.3. The Kier molecular flexibility index (Phi) is 3.45. The van der Waals surface area contributed by atoms with Crippen LogP contribution in [0.2, 0.25) is 0 Å². The molecule has 0 atom stereocenters. The Labute approximate surface area is 117 Å². The summed E-state index contributed by atoms with van der Waals surface area (Å²) in [5.74, 6) is 0. The van der Waals surface area contributed by atoms with Crippen LogP contribution in [0.3, 0.4) is 0 Å². The van der Waals surface area contributed by atoms with E-state index < -0.39 is 0 Å². The molecule has 1 aromatic carbocycles. The number of aryl methyl sites for hydroxylation is 1. The fourth-order valence-corrected chi connectivity index (χ4v) is 1.98. The summed E-state index contributed by atoms with van der Waals surface area (Å²) in [7, 11) is 1.86. The lowest BCUT2D eigenvalue weighted by Crippen LogP contribution is -2.02. The molecule has 0 radical (unpaired) electrons. The van der Waals surface area contributed by atoms with E-state index in [2.05, 4.69) is 45.0 Å². The van der Waals surface area contributed by atoms with Crippen LogP contribution < -0.4 is 5.32 Å². The molecule has 20 heavy (non-hydrogen) atoms. The number of hydrogen-bond donors (Lipinski definition) is 1. The molecule has 3 rings (SSSR count). The fourth-order valence-electron chi connectivity index (χ4n) is 1.98. The van der Waals surface area contributed by atoms with Gasteiger partial charge in [-0.1, -0.05) is 17.3 Å². The van der Waals surface area contributed by atoms with Gasteiger partial charge in [0.05, 0.1) is 13.1 Å². The predicted octanol–water partition coefficient (Wildman–Crippen LogP) is 1.67. The Balaban J connectivity index is 1.58. The van der Waals surface area contributed by atoms with Gasteiger partial charge >= 0.3 is 0 Å². The Morgan fingerprint density at radius 3 is 2.70 bits per heavy atom. The van der Waals surface area contributed by atoms with Crippen LogP contribution in [0.1, 0.15) is 11.3 Å². The summed E-state index contributed by atoms with van der Waals surface area (Å²) in [5.41, 5.74) is 3.21. The number of nitrogens with one attached hydrogen (secondary N) is 1.